The summed E-state index contributed by atoms with van der Waals surface area (Å²) >= 11 is 5.79. The van der Waals surface area contributed by atoms with Crippen molar-refractivity contribution in [2.75, 3.05) is 31.7 Å². The highest BCUT2D eigenvalue weighted by Crippen LogP contribution is 2.30. The van der Waals surface area contributed by atoms with E-state index in [0.717, 1.165) is 0 Å². The Kier molecular flexibility index (Phi) is 5.01. The molecule has 0 spiro atoms. The van der Waals surface area contributed by atoms with Gasteiger partial charge in [0.1, 0.15) is 15.7 Å². The molecule has 1 aliphatic rings. The Labute approximate surface area is 123 Å². The van der Waals surface area contributed by atoms with E-state index >= 15 is 0 Å². The molecular formula is C13H17ClFNO3S. The molecule has 0 radical (unpaired) electrons. The molecule has 0 saturated carbocycles. The first-order chi connectivity index (χ1) is 9.37. The van der Waals surface area contributed by atoms with Gasteiger partial charge in [-0.3, -0.25) is 0 Å². The minimum Gasteiger partial charge on any atom is -0.372 e. The number of hydrogen-bond donors (Lipinski definition) is 1. The first-order valence-corrected chi connectivity index (χ1v) is 8.75. The van der Waals surface area contributed by atoms with Gasteiger partial charge in [-0.15, -0.1) is 0 Å². The van der Waals surface area contributed by atoms with Gasteiger partial charge in [0, 0.05) is 25.3 Å². The molecule has 1 N–H and O–H groups in total. The number of rotatable bonds is 3. The molecule has 7 heteroatoms. The van der Waals surface area contributed by atoms with Crippen LogP contribution in [-0.2, 0) is 14.6 Å². The van der Waals surface area contributed by atoms with Crippen LogP contribution in [0, 0.1) is 11.7 Å². The van der Waals surface area contributed by atoms with Crippen LogP contribution in [-0.4, -0.2) is 40.1 Å². The predicted octanol–water partition coefficient (Wildman–Crippen LogP) is 1.80. The van der Waals surface area contributed by atoms with Gasteiger partial charge < -0.3 is 10.1 Å². The largest absolute Gasteiger partial charge is 0.372 e. The summed E-state index contributed by atoms with van der Waals surface area (Å²) in [6.45, 7) is 1.67. The molecule has 0 aromatic heterocycles. The number of hydrogen-bond acceptors (Lipinski definition) is 4. The number of sulfone groups is 1. The summed E-state index contributed by atoms with van der Waals surface area (Å²) < 4.78 is 42.0. The highest BCUT2D eigenvalue weighted by molar-refractivity contribution is 7.90. The molecule has 2 atom stereocenters. The van der Waals surface area contributed by atoms with E-state index in [4.69, 9.17) is 16.3 Å². The lowest BCUT2D eigenvalue weighted by atomic mass is 9.97. The molecule has 0 aliphatic carbocycles. The van der Waals surface area contributed by atoms with E-state index in [1.165, 1.54) is 18.4 Å². The van der Waals surface area contributed by atoms with E-state index in [1.54, 1.807) is 6.07 Å². The fraction of sp³-hybridized carbons (Fsp3) is 0.538. The Bertz CT molecular complexity index is 579. The van der Waals surface area contributed by atoms with Gasteiger partial charge in [0.2, 0.25) is 0 Å². The monoisotopic (exact) mass is 321 g/mol. The van der Waals surface area contributed by atoms with Crippen LogP contribution in [0.2, 0.25) is 5.02 Å². The minimum absolute atomic E-state index is 0.0136. The Balaban J connectivity index is 2.29. The molecule has 1 aromatic carbocycles. The molecule has 0 amide bonds. The third kappa shape index (κ3) is 4.15. The molecule has 20 heavy (non-hydrogen) atoms. The van der Waals surface area contributed by atoms with E-state index < -0.39 is 21.8 Å². The van der Waals surface area contributed by atoms with Crippen molar-refractivity contribution >= 4 is 21.4 Å². The van der Waals surface area contributed by atoms with Crippen LogP contribution in [0.5, 0.6) is 0 Å². The summed E-state index contributed by atoms with van der Waals surface area (Å²) in [5, 5.41) is 3.16. The zero-order valence-corrected chi connectivity index (χ0v) is 12.7. The zero-order valence-electron chi connectivity index (χ0n) is 11.1. The summed E-state index contributed by atoms with van der Waals surface area (Å²) in [6.07, 6.45) is 0.796. The quantitative estimate of drug-likeness (QED) is 0.922. The topological polar surface area (TPSA) is 55.4 Å². The summed E-state index contributed by atoms with van der Waals surface area (Å²) in [5.41, 5.74) is 0.703. The van der Waals surface area contributed by atoms with Crippen LogP contribution < -0.4 is 5.32 Å². The van der Waals surface area contributed by atoms with Crippen molar-refractivity contribution in [3.8, 4) is 0 Å². The van der Waals surface area contributed by atoms with Crippen LogP contribution in [0.1, 0.15) is 11.7 Å². The Morgan fingerprint density at radius 3 is 2.90 bits per heavy atom. The molecule has 1 unspecified atom stereocenters. The normalized spacial score (nSPS) is 24.4. The third-order valence-electron chi connectivity index (χ3n) is 3.20. The van der Waals surface area contributed by atoms with Crippen molar-refractivity contribution in [2.24, 2.45) is 5.92 Å². The molecular weight excluding hydrogens is 305 g/mol. The van der Waals surface area contributed by atoms with Crippen molar-refractivity contribution < 1.29 is 17.5 Å². The number of benzene rings is 1. The molecule has 1 aromatic rings. The van der Waals surface area contributed by atoms with Gasteiger partial charge in [-0.25, -0.2) is 12.8 Å². The fourth-order valence-electron chi connectivity index (χ4n) is 2.38. The summed E-state index contributed by atoms with van der Waals surface area (Å²) in [5.74, 6) is -0.713. The van der Waals surface area contributed by atoms with Crippen molar-refractivity contribution in [2.45, 2.75) is 6.10 Å². The van der Waals surface area contributed by atoms with Gasteiger partial charge >= 0.3 is 0 Å². The average Bonchev–Trinajstić information content (AvgIpc) is 2.56. The Morgan fingerprint density at radius 2 is 2.25 bits per heavy atom. The molecule has 4 nitrogen and oxygen atoms in total. The van der Waals surface area contributed by atoms with Crippen molar-refractivity contribution in [1.82, 2.24) is 5.32 Å². The smallest absolute Gasteiger partial charge is 0.147 e. The second-order valence-corrected chi connectivity index (χ2v) is 7.61. The summed E-state index contributed by atoms with van der Waals surface area (Å²) in [7, 11) is -3.13. The van der Waals surface area contributed by atoms with Crippen LogP contribution >= 0.6 is 11.6 Å². The second-order valence-electron chi connectivity index (χ2n) is 5.02. The standard InChI is InChI=1S/C13H17ClFNO3S/c1-20(17,18)8-10-7-16-4-5-19-13(10)9-2-3-12(15)11(14)6-9/h2-3,6,10,13,16H,4-5,7-8H2,1H3/t10-,13?/m1/s1. The lowest BCUT2D eigenvalue weighted by molar-refractivity contribution is 0.0369. The van der Waals surface area contributed by atoms with Crippen LogP contribution in [0.15, 0.2) is 18.2 Å². The predicted molar refractivity (Wildman–Crippen MR) is 76.2 cm³/mol. The van der Waals surface area contributed by atoms with Gasteiger partial charge in [0.25, 0.3) is 0 Å². The van der Waals surface area contributed by atoms with Crippen molar-refractivity contribution in [3.63, 3.8) is 0 Å². The van der Waals surface area contributed by atoms with Crippen molar-refractivity contribution in [1.29, 1.82) is 0 Å². The maximum absolute atomic E-state index is 13.2. The lowest BCUT2D eigenvalue weighted by Gasteiger charge is -2.24. The minimum atomic E-state index is -3.13. The van der Waals surface area contributed by atoms with Gasteiger partial charge in [-0.05, 0) is 17.7 Å². The molecule has 2 rings (SSSR count). The molecule has 1 aliphatic heterocycles. The Hall–Kier alpha value is -0.690. The molecule has 1 saturated heterocycles. The second kappa shape index (κ2) is 6.39. The molecule has 0 bridgehead atoms. The van der Waals surface area contributed by atoms with Crippen LogP contribution in [0.4, 0.5) is 4.39 Å². The average molecular weight is 322 g/mol. The van der Waals surface area contributed by atoms with E-state index in [-0.39, 0.29) is 16.7 Å². The first kappa shape index (κ1) is 15.7. The SMILES string of the molecule is CS(=O)(=O)C[C@H]1CNCCOC1c1ccc(F)c(Cl)c1. The number of nitrogens with one attached hydrogen (secondary N) is 1. The van der Waals surface area contributed by atoms with Gasteiger partial charge in [0.05, 0.1) is 23.5 Å². The summed E-state index contributed by atoms with van der Waals surface area (Å²) in [4.78, 5) is 0. The first-order valence-electron chi connectivity index (χ1n) is 6.32. The van der Waals surface area contributed by atoms with Crippen molar-refractivity contribution in [3.05, 3.63) is 34.6 Å². The van der Waals surface area contributed by atoms with Gasteiger partial charge in [-0.2, -0.15) is 0 Å². The molecule has 112 valence electrons. The third-order valence-corrected chi connectivity index (χ3v) is 4.52. The maximum atomic E-state index is 13.2. The van der Waals surface area contributed by atoms with E-state index in [1.807, 2.05) is 0 Å². The van der Waals surface area contributed by atoms with Crippen LogP contribution in [0.3, 0.4) is 0 Å². The number of halogens is 2. The van der Waals surface area contributed by atoms with Gasteiger partial charge in [0.15, 0.2) is 0 Å². The molecule has 1 fully saturated rings. The maximum Gasteiger partial charge on any atom is 0.147 e. The highest BCUT2D eigenvalue weighted by atomic mass is 35.5. The zero-order chi connectivity index (χ0) is 14.8. The lowest BCUT2D eigenvalue weighted by Crippen LogP contribution is -2.30. The van der Waals surface area contributed by atoms with E-state index in [9.17, 15) is 12.8 Å². The highest BCUT2D eigenvalue weighted by Gasteiger charge is 2.29. The molecule has 1 heterocycles. The van der Waals surface area contributed by atoms with E-state index in [0.29, 0.717) is 25.3 Å². The fourth-order valence-corrected chi connectivity index (χ4v) is 3.64. The van der Waals surface area contributed by atoms with Gasteiger partial charge in [-0.1, -0.05) is 17.7 Å². The van der Waals surface area contributed by atoms with Crippen LogP contribution in [0.25, 0.3) is 0 Å². The number of ether oxygens (including phenoxy) is 1. The summed E-state index contributed by atoms with van der Waals surface area (Å²) in [6, 6.07) is 4.37. The van der Waals surface area contributed by atoms with E-state index in [2.05, 4.69) is 5.32 Å². The Morgan fingerprint density at radius 1 is 1.50 bits per heavy atom.